The monoisotopic (exact) mass is 600 g/mol. The number of benzene rings is 5. The highest BCUT2D eigenvalue weighted by Gasteiger charge is 2.60. The Balaban J connectivity index is 1.62. The van der Waals surface area contributed by atoms with Crippen molar-refractivity contribution < 1.29 is 22.4 Å². The second-order valence-corrected chi connectivity index (χ2v) is 10.7. The van der Waals surface area contributed by atoms with Crippen LogP contribution >= 0.6 is 0 Å². The molecule has 0 radical (unpaired) electrons. The van der Waals surface area contributed by atoms with E-state index in [1.165, 1.54) is 29.2 Å². The van der Waals surface area contributed by atoms with Crippen molar-refractivity contribution in [1.82, 2.24) is 0 Å². The molecule has 5 aromatic rings. The van der Waals surface area contributed by atoms with Crippen molar-refractivity contribution in [2.45, 2.75) is 18.3 Å². The molecule has 0 atom stereocenters. The van der Waals surface area contributed by atoms with Crippen LogP contribution in [0.15, 0.2) is 109 Å². The zero-order valence-corrected chi connectivity index (χ0v) is 23.3. The van der Waals surface area contributed by atoms with Crippen molar-refractivity contribution in [2.75, 3.05) is 9.80 Å². The Morgan fingerprint density at radius 2 is 1.04 bits per heavy atom. The first-order chi connectivity index (χ1) is 21.7. The highest BCUT2D eigenvalue weighted by Crippen LogP contribution is 2.63. The van der Waals surface area contributed by atoms with E-state index in [1.54, 1.807) is 60.7 Å². The number of alkyl halides is 4. The molecular weight excluding hydrogens is 580 g/mol. The number of carbonyl (C=O) groups is 1. The van der Waals surface area contributed by atoms with Crippen LogP contribution in [0.5, 0.6) is 0 Å². The van der Waals surface area contributed by atoms with Crippen LogP contribution in [0.1, 0.15) is 44.6 Å². The number of fused-ring (bicyclic) bond motifs is 3. The summed E-state index contributed by atoms with van der Waals surface area (Å²) in [5.41, 5.74) is -2.73. The molecule has 0 saturated heterocycles. The zero-order valence-electron chi connectivity index (χ0n) is 23.3. The Bertz CT molecular complexity index is 2050. The van der Waals surface area contributed by atoms with Crippen LogP contribution in [0, 0.1) is 22.7 Å². The number of nitrogens with zero attached hydrogens (tertiary/aromatic N) is 4. The lowest BCUT2D eigenvalue weighted by Gasteiger charge is -2.41. The Hall–Kier alpha value is -5.93. The zero-order chi connectivity index (χ0) is 31.5. The molecule has 0 N–H and O–H groups in total. The molecule has 0 saturated carbocycles. The average Bonchev–Trinajstić information content (AvgIpc) is 3.25. The maximum absolute atomic E-state index is 16.1. The maximum atomic E-state index is 16.1. The largest absolute Gasteiger partial charge is 0.306 e. The molecule has 1 heterocycles. The standard InChI is InChI=1S/C36H20F4N4O/c37-35(38)21-36(39,40)32-31(35)30(34(45)22-11-3-1-4-12-22)24(19-41)25(20-42)33(32)44-28-17-9-7-15-26(28)43(23-13-5-2-6-14-23)27-16-8-10-18-29(27)44/h1-18H,21H2. The molecule has 7 rings (SSSR count). The van der Waals surface area contributed by atoms with Crippen LogP contribution in [-0.2, 0) is 11.8 Å². The van der Waals surface area contributed by atoms with Crippen molar-refractivity contribution in [1.29, 1.82) is 10.5 Å². The highest BCUT2D eigenvalue weighted by atomic mass is 19.3. The number of hydrogen-bond donors (Lipinski definition) is 0. The van der Waals surface area contributed by atoms with Gasteiger partial charge in [-0.3, -0.25) is 4.79 Å². The molecule has 9 heteroatoms. The van der Waals surface area contributed by atoms with E-state index >= 15 is 17.6 Å². The highest BCUT2D eigenvalue weighted by molar-refractivity contribution is 6.14. The van der Waals surface area contributed by atoms with E-state index in [-0.39, 0.29) is 5.56 Å². The first-order valence-electron chi connectivity index (χ1n) is 13.9. The van der Waals surface area contributed by atoms with Gasteiger partial charge in [0, 0.05) is 16.8 Å². The van der Waals surface area contributed by atoms with Gasteiger partial charge in [0.15, 0.2) is 5.78 Å². The normalized spacial score (nSPS) is 15.3. The summed E-state index contributed by atoms with van der Waals surface area (Å²) in [6, 6.07) is 33.8. The molecule has 0 aromatic heterocycles. The van der Waals surface area contributed by atoms with Crippen molar-refractivity contribution in [3.05, 3.63) is 143 Å². The number of anilines is 6. The smallest absolute Gasteiger partial charge is 0.281 e. The molecule has 0 unspecified atom stereocenters. The van der Waals surface area contributed by atoms with Crippen molar-refractivity contribution in [3.8, 4) is 12.1 Å². The van der Waals surface area contributed by atoms with Crippen molar-refractivity contribution in [2.24, 2.45) is 0 Å². The van der Waals surface area contributed by atoms with Crippen LogP contribution in [0.2, 0.25) is 0 Å². The molecule has 45 heavy (non-hydrogen) atoms. The van der Waals surface area contributed by atoms with Gasteiger partial charge in [-0.1, -0.05) is 72.8 Å². The second-order valence-electron chi connectivity index (χ2n) is 10.7. The van der Waals surface area contributed by atoms with E-state index in [0.717, 1.165) is 5.69 Å². The van der Waals surface area contributed by atoms with Crippen LogP contribution < -0.4 is 9.80 Å². The van der Waals surface area contributed by atoms with Crippen LogP contribution in [-0.4, -0.2) is 5.78 Å². The summed E-state index contributed by atoms with van der Waals surface area (Å²) in [5, 5.41) is 20.9. The van der Waals surface area contributed by atoms with Crippen molar-refractivity contribution in [3.63, 3.8) is 0 Å². The molecule has 1 aliphatic heterocycles. The molecule has 0 spiro atoms. The second kappa shape index (κ2) is 10.1. The third-order valence-corrected chi connectivity index (χ3v) is 8.10. The molecule has 2 aliphatic rings. The van der Waals surface area contributed by atoms with Crippen molar-refractivity contribution >= 4 is 39.9 Å². The van der Waals surface area contributed by atoms with Gasteiger partial charge >= 0.3 is 0 Å². The topological polar surface area (TPSA) is 71.1 Å². The van der Waals surface area contributed by atoms with E-state index in [4.69, 9.17) is 0 Å². The summed E-state index contributed by atoms with van der Waals surface area (Å²) < 4.78 is 64.0. The predicted octanol–water partition coefficient (Wildman–Crippen LogP) is 9.50. The van der Waals surface area contributed by atoms with Gasteiger partial charge in [0.25, 0.3) is 11.8 Å². The number of para-hydroxylation sites is 5. The minimum atomic E-state index is -4.18. The number of carbonyl (C=O) groups excluding carboxylic acids is 1. The Kier molecular flexibility index (Phi) is 6.24. The summed E-state index contributed by atoms with van der Waals surface area (Å²) >= 11 is 0. The van der Waals surface area contributed by atoms with Gasteiger partial charge < -0.3 is 9.80 Å². The van der Waals surface area contributed by atoms with E-state index < -0.39 is 57.6 Å². The van der Waals surface area contributed by atoms with Gasteiger partial charge in [0.05, 0.1) is 57.1 Å². The van der Waals surface area contributed by atoms with Gasteiger partial charge in [-0.15, -0.1) is 0 Å². The minimum Gasteiger partial charge on any atom is -0.306 e. The van der Waals surface area contributed by atoms with Crippen LogP contribution in [0.4, 0.5) is 51.7 Å². The van der Waals surface area contributed by atoms with Gasteiger partial charge in [-0.2, -0.15) is 10.5 Å². The van der Waals surface area contributed by atoms with Gasteiger partial charge in [-0.25, -0.2) is 17.6 Å². The summed E-state index contributed by atoms with van der Waals surface area (Å²) in [6.45, 7) is 0. The predicted molar refractivity (Wildman–Crippen MR) is 161 cm³/mol. The van der Waals surface area contributed by atoms with Gasteiger partial charge in [0.1, 0.15) is 12.1 Å². The average molecular weight is 601 g/mol. The van der Waals surface area contributed by atoms with E-state index in [2.05, 4.69) is 0 Å². The molecule has 0 amide bonds. The summed E-state index contributed by atoms with van der Waals surface area (Å²) in [7, 11) is 0. The molecule has 0 fully saturated rings. The minimum absolute atomic E-state index is 0.0778. The van der Waals surface area contributed by atoms with E-state index in [9.17, 15) is 15.3 Å². The quantitative estimate of drug-likeness (QED) is 0.149. The summed E-state index contributed by atoms with van der Waals surface area (Å²) in [6.07, 6.45) is -1.91. The molecule has 0 bridgehead atoms. The third kappa shape index (κ3) is 4.09. The van der Waals surface area contributed by atoms with E-state index in [1.807, 2.05) is 41.3 Å². The van der Waals surface area contributed by atoms with Crippen LogP contribution in [0.3, 0.4) is 0 Å². The van der Waals surface area contributed by atoms with Gasteiger partial charge in [0.2, 0.25) is 0 Å². The Morgan fingerprint density at radius 3 is 1.56 bits per heavy atom. The van der Waals surface area contributed by atoms with Gasteiger partial charge in [-0.05, 0) is 36.4 Å². The number of ketones is 1. The number of rotatable bonds is 4. The molecular formula is C36H20F4N4O. The summed E-state index contributed by atoms with van der Waals surface area (Å²) in [5.74, 6) is -9.38. The number of nitriles is 2. The lowest BCUT2D eigenvalue weighted by atomic mass is 9.85. The molecule has 5 nitrogen and oxygen atoms in total. The van der Waals surface area contributed by atoms with E-state index in [0.29, 0.717) is 22.7 Å². The number of hydrogen-bond acceptors (Lipinski definition) is 5. The fourth-order valence-corrected chi connectivity index (χ4v) is 6.36. The molecule has 218 valence electrons. The van der Waals surface area contributed by atoms with Crippen LogP contribution in [0.25, 0.3) is 0 Å². The first kappa shape index (κ1) is 27.9. The fraction of sp³-hybridized carbons (Fsp3) is 0.0833. The Labute approximate surface area is 255 Å². The Morgan fingerprint density at radius 1 is 0.600 bits per heavy atom. The molecule has 1 aliphatic carbocycles. The number of halogens is 4. The first-order valence-corrected chi connectivity index (χ1v) is 13.9. The third-order valence-electron chi connectivity index (χ3n) is 8.10. The summed E-state index contributed by atoms with van der Waals surface area (Å²) in [4.78, 5) is 17.0. The fourth-order valence-electron chi connectivity index (χ4n) is 6.36. The lowest BCUT2D eigenvalue weighted by Crippen LogP contribution is -2.27. The molecule has 5 aromatic carbocycles. The maximum Gasteiger partial charge on any atom is 0.281 e. The SMILES string of the molecule is N#Cc1c(C#N)c(N2c3ccccc3N(c3ccccc3)c3ccccc32)c2c(c1C(=O)c1ccccc1)C(F)(F)CC2(F)F. The lowest BCUT2D eigenvalue weighted by molar-refractivity contribution is -0.0923.